The molecule has 162 valence electrons. The maximum atomic E-state index is 13.1. The summed E-state index contributed by atoms with van der Waals surface area (Å²) in [6.07, 6.45) is 5.83. The van der Waals surface area contributed by atoms with E-state index < -0.39 is 0 Å². The molecule has 3 heterocycles. The lowest BCUT2D eigenvalue weighted by atomic mass is 9.82. The molecular weight excluding hydrogens is 388 g/mol. The van der Waals surface area contributed by atoms with Gasteiger partial charge in [0, 0.05) is 36.6 Å². The number of hydrogen-bond acceptors (Lipinski definition) is 4. The predicted octanol–water partition coefficient (Wildman–Crippen LogP) is 3.90. The van der Waals surface area contributed by atoms with Crippen molar-refractivity contribution in [2.24, 2.45) is 7.05 Å². The van der Waals surface area contributed by atoms with Crippen LogP contribution in [0, 0.1) is 0 Å². The van der Waals surface area contributed by atoms with Crippen molar-refractivity contribution in [1.29, 1.82) is 0 Å². The molecule has 0 spiro atoms. The summed E-state index contributed by atoms with van der Waals surface area (Å²) in [5.41, 5.74) is 2.52. The van der Waals surface area contributed by atoms with Gasteiger partial charge in [-0.25, -0.2) is 0 Å². The van der Waals surface area contributed by atoms with Crippen LogP contribution in [0.5, 0.6) is 5.75 Å². The molecule has 1 aromatic heterocycles. The van der Waals surface area contributed by atoms with Gasteiger partial charge in [0.2, 0.25) is 0 Å². The van der Waals surface area contributed by atoms with Crippen molar-refractivity contribution in [3.05, 3.63) is 59.8 Å². The molecule has 0 radical (unpaired) electrons. The number of rotatable bonds is 5. The van der Waals surface area contributed by atoms with Crippen molar-refractivity contribution >= 4 is 16.8 Å². The third-order valence-electron chi connectivity index (χ3n) is 6.96. The topological polar surface area (TPSA) is 59.4 Å². The Hall–Kier alpha value is -2.86. The van der Waals surface area contributed by atoms with E-state index in [-0.39, 0.29) is 11.9 Å². The highest BCUT2D eigenvalue weighted by atomic mass is 16.5. The highest BCUT2D eigenvalue weighted by Crippen LogP contribution is 2.33. The molecule has 2 aliphatic rings. The van der Waals surface area contributed by atoms with E-state index in [2.05, 4.69) is 22.4 Å². The molecule has 2 aromatic carbocycles. The molecule has 2 atom stereocenters. The Labute approximate surface area is 183 Å². The first-order valence-corrected chi connectivity index (χ1v) is 11.2. The fourth-order valence-electron chi connectivity index (χ4n) is 5.22. The van der Waals surface area contributed by atoms with E-state index in [4.69, 9.17) is 4.74 Å². The Morgan fingerprint density at radius 3 is 2.58 bits per heavy atom. The second kappa shape index (κ2) is 8.35. The molecule has 2 saturated heterocycles. The number of aryl methyl sites for hydroxylation is 1. The summed E-state index contributed by atoms with van der Waals surface area (Å²) in [7, 11) is 4.11. The van der Waals surface area contributed by atoms with Gasteiger partial charge in [-0.15, -0.1) is 0 Å². The number of nitrogens with one attached hydrogen (secondary N) is 1. The maximum absolute atomic E-state index is 13.1. The minimum atomic E-state index is -0.0730. The largest absolute Gasteiger partial charge is 0.489 e. The number of nitrogens with zero attached hydrogens (tertiary/aromatic N) is 3. The van der Waals surface area contributed by atoms with Crippen molar-refractivity contribution in [3.8, 4) is 5.75 Å². The van der Waals surface area contributed by atoms with E-state index in [0.717, 1.165) is 35.1 Å². The Kier molecular flexibility index (Phi) is 5.40. The molecule has 2 bridgehead atoms. The van der Waals surface area contributed by atoms with Gasteiger partial charge >= 0.3 is 0 Å². The summed E-state index contributed by atoms with van der Waals surface area (Å²) in [6.45, 7) is 0.510. The summed E-state index contributed by atoms with van der Waals surface area (Å²) in [6, 6.07) is 17.3. The highest BCUT2D eigenvalue weighted by molar-refractivity contribution is 6.05. The molecule has 1 amide bonds. The number of piperidine rings is 2. The fraction of sp³-hybridized carbons (Fsp3) is 0.440. The summed E-state index contributed by atoms with van der Waals surface area (Å²) in [5.74, 6) is 0.700. The summed E-state index contributed by atoms with van der Waals surface area (Å²) >= 11 is 0. The predicted molar refractivity (Wildman–Crippen MR) is 121 cm³/mol. The maximum Gasteiger partial charge on any atom is 0.272 e. The number of benzene rings is 2. The number of ether oxygens (including phenoxy) is 1. The Morgan fingerprint density at radius 1 is 1.10 bits per heavy atom. The number of fused-ring (bicyclic) bond motifs is 3. The zero-order valence-corrected chi connectivity index (χ0v) is 18.3. The molecule has 5 rings (SSSR count). The van der Waals surface area contributed by atoms with Gasteiger partial charge in [0.15, 0.2) is 5.69 Å². The molecule has 0 unspecified atom stereocenters. The van der Waals surface area contributed by atoms with Crippen molar-refractivity contribution in [1.82, 2.24) is 20.0 Å². The van der Waals surface area contributed by atoms with Gasteiger partial charge in [0.05, 0.1) is 5.52 Å². The molecule has 0 saturated carbocycles. The van der Waals surface area contributed by atoms with Crippen LogP contribution in [0.15, 0.2) is 48.5 Å². The fourth-order valence-corrected chi connectivity index (χ4v) is 5.22. The molecule has 1 N–H and O–H groups in total. The third-order valence-corrected chi connectivity index (χ3v) is 6.96. The Morgan fingerprint density at radius 2 is 1.84 bits per heavy atom. The first-order chi connectivity index (χ1) is 15.1. The van der Waals surface area contributed by atoms with Gasteiger partial charge in [-0.1, -0.05) is 36.8 Å². The summed E-state index contributed by atoms with van der Waals surface area (Å²) in [5, 5.41) is 8.68. The van der Waals surface area contributed by atoms with Gasteiger partial charge in [-0.3, -0.25) is 9.48 Å². The van der Waals surface area contributed by atoms with Gasteiger partial charge in [-0.2, -0.15) is 5.10 Å². The number of carbonyl (C=O) groups is 1. The molecule has 6 heteroatoms. The van der Waals surface area contributed by atoms with E-state index in [1.165, 1.54) is 19.3 Å². The smallest absolute Gasteiger partial charge is 0.272 e. The molecule has 31 heavy (non-hydrogen) atoms. The van der Waals surface area contributed by atoms with Gasteiger partial charge in [0.25, 0.3) is 5.91 Å². The SMILES string of the molecule is CN1[C@H]2CCC[C@H]1CC(NC(=O)c1nn(C)c3cc(OCc4ccccc4)ccc13)C2. The van der Waals surface area contributed by atoms with E-state index >= 15 is 0 Å². The minimum Gasteiger partial charge on any atom is -0.489 e. The van der Waals surface area contributed by atoms with Crippen LogP contribution < -0.4 is 10.1 Å². The normalized spacial score (nSPS) is 23.6. The number of aromatic nitrogens is 2. The van der Waals surface area contributed by atoms with Crippen LogP contribution >= 0.6 is 0 Å². The summed E-state index contributed by atoms with van der Waals surface area (Å²) in [4.78, 5) is 15.6. The van der Waals surface area contributed by atoms with Crippen LogP contribution in [-0.4, -0.2) is 45.8 Å². The van der Waals surface area contributed by atoms with Crippen LogP contribution in [0.2, 0.25) is 0 Å². The molecule has 3 aromatic rings. The lowest BCUT2D eigenvalue weighted by molar-refractivity contribution is 0.0462. The quantitative estimate of drug-likeness (QED) is 0.683. The Bertz CT molecular complexity index is 1060. The number of amides is 1. The zero-order chi connectivity index (χ0) is 21.4. The molecule has 6 nitrogen and oxygen atoms in total. The van der Waals surface area contributed by atoms with Crippen molar-refractivity contribution in [2.45, 2.75) is 56.8 Å². The lowest BCUT2D eigenvalue weighted by Gasteiger charge is -2.47. The molecule has 2 fully saturated rings. The average molecular weight is 419 g/mol. The van der Waals surface area contributed by atoms with E-state index in [0.29, 0.717) is 24.4 Å². The number of carbonyl (C=O) groups excluding carboxylic acids is 1. The van der Waals surface area contributed by atoms with Crippen LogP contribution in [0.3, 0.4) is 0 Å². The van der Waals surface area contributed by atoms with Gasteiger partial charge in [-0.05, 0) is 50.4 Å². The van der Waals surface area contributed by atoms with Crippen LogP contribution in [0.4, 0.5) is 0 Å². The van der Waals surface area contributed by atoms with E-state index in [1.807, 2.05) is 55.6 Å². The second-order valence-electron chi connectivity index (χ2n) is 8.97. The van der Waals surface area contributed by atoms with Crippen LogP contribution in [-0.2, 0) is 13.7 Å². The zero-order valence-electron chi connectivity index (χ0n) is 18.3. The molecule has 2 aliphatic heterocycles. The van der Waals surface area contributed by atoms with E-state index in [1.54, 1.807) is 4.68 Å². The second-order valence-corrected chi connectivity index (χ2v) is 8.97. The average Bonchev–Trinajstić information content (AvgIpc) is 3.10. The summed E-state index contributed by atoms with van der Waals surface area (Å²) < 4.78 is 7.72. The number of hydrogen-bond donors (Lipinski definition) is 1. The van der Waals surface area contributed by atoms with Crippen molar-refractivity contribution < 1.29 is 9.53 Å². The Balaban J connectivity index is 1.30. The van der Waals surface area contributed by atoms with Crippen molar-refractivity contribution in [3.63, 3.8) is 0 Å². The first-order valence-electron chi connectivity index (χ1n) is 11.2. The van der Waals surface area contributed by atoms with Gasteiger partial charge < -0.3 is 15.0 Å². The standard InChI is InChI=1S/C25H30N4O2/c1-28-19-9-6-10-20(28)14-18(13-19)26-25(30)24-22-12-11-21(15-23(22)29(2)27-24)31-16-17-7-4-3-5-8-17/h3-5,7-8,11-12,15,18-20H,6,9-10,13-14,16H2,1-2H3,(H,26,30)/t19-,20-/m0/s1. The first kappa shape index (κ1) is 20.1. The van der Waals surface area contributed by atoms with Crippen LogP contribution in [0.25, 0.3) is 10.9 Å². The van der Waals surface area contributed by atoms with E-state index in [9.17, 15) is 4.79 Å². The third kappa shape index (κ3) is 4.04. The minimum absolute atomic E-state index is 0.0730. The van der Waals surface area contributed by atoms with Crippen molar-refractivity contribution in [2.75, 3.05) is 7.05 Å². The van der Waals surface area contributed by atoms with Crippen LogP contribution in [0.1, 0.15) is 48.2 Å². The lowest BCUT2D eigenvalue weighted by Crippen LogP contribution is -2.55. The molecular formula is C25H30N4O2. The highest BCUT2D eigenvalue weighted by Gasteiger charge is 2.36. The monoisotopic (exact) mass is 418 g/mol. The molecule has 0 aliphatic carbocycles. The van der Waals surface area contributed by atoms with Gasteiger partial charge in [0.1, 0.15) is 12.4 Å².